The van der Waals surface area contributed by atoms with Crippen LogP contribution in [0, 0.1) is 0 Å². The number of aromatic nitrogens is 2. The Balaban J connectivity index is 1.51. The molecule has 1 aromatic carbocycles. The molecule has 0 aliphatic heterocycles. The fourth-order valence-electron chi connectivity index (χ4n) is 2.31. The topological polar surface area (TPSA) is 59.2 Å². The number of benzene rings is 1. The van der Waals surface area contributed by atoms with Crippen LogP contribution in [0.4, 0.5) is 0 Å². The number of halogens is 1. The van der Waals surface area contributed by atoms with Crippen molar-refractivity contribution < 1.29 is 9.32 Å². The molecule has 26 heavy (non-hydrogen) atoms. The summed E-state index contributed by atoms with van der Waals surface area (Å²) in [6, 6.07) is 11.5. The number of hydrogen-bond acceptors (Lipinski definition) is 6. The van der Waals surface area contributed by atoms with Crippen molar-refractivity contribution in [2.45, 2.75) is 24.8 Å². The Hall–Kier alpha value is -1.83. The molecule has 3 aromatic rings. The van der Waals surface area contributed by atoms with Gasteiger partial charge in [-0.2, -0.15) is 4.98 Å². The van der Waals surface area contributed by atoms with Crippen molar-refractivity contribution in [3.8, 4) is 10.7 Å². The van der Waals surface area contributed by atoms with Crippen molar-refractivity contribution in [2.24, 2.45) is 0 Å². The monoisotopic (exact) mass is 407 g/mol. The summed E-state index contributed by atoms with van der Waals surface area (Å²) in [4.78, 5) is 20.6. The quantitative estimate of drug-likeness (QED) is 0.492. The summed E-state index contributed by atoms with van der Waals surface area (Å²) >= 11 is 9.07. The first-order valence-corrected chi connectivity index (χ1v) is 10.4. The lowest BCUT2D eigenvalue weighted by Crippen LogP contribution is -2.30. The first-order valence-electron chi connectivity index (χ1n) is 8.18. The summed E-state index contributed by atoms with van der Waals surface area (Å²) in [6.07, 6.45) is 0.451. The number of hydrogen-bond donors (Lipinski definition) is 0. The maximum absolute atomic E-state index is 12.5. The Morgan fingerprint density at radius 2 is 2.12 bits per heavy atom. The Labute approximate surface area is 165 Å². The molecule has 0 aliphatic rings. The minimum atomic E-state index is 0.0739. The zero-order chi connectivity index (χ0) is 18.4. The van der Waals surface area contributed by atoms with E-state index in [0.29, 0.717) is 42.0 Å². The van der Waals surface area contributed by atoms with E-state index in [1.54, 1.807) is 28.0 Å². The predicted octanol–water partition coefficient (Wildman–Crippen LogP) is 4.98. The van der Waals surface area contributed by atoms with Crippen molar-refractivity contribution in [3.05, 3.63) is 52.7 Å². The molecular weight excluding hydrogens is 390 g/mol. The maximum atomic E-state index is 12.5. The van der Waals surface area contributed by atoms with E-state index in [-0.39, 0.29) is 5.91 Å². The fourth-order valence-corrected chi connectivity index (χ4v) is 3.93. The van der Waals surface area contributed by atoms with E-state index in [1.165, 1.54) is 0 Å². The molecule has 2 aromatic heterocycles. The van der Waals surface area contributed by atoms with E-state index in [4.69, 9.17) is 16.1 Å². The van der Waals surface area contributed by atoms with Crippen LogP contribution in [0.3, 0.4) is 0 Å². The second-order valence-electron chi connectivity index (χ2n) is 5.45. The molecule has 0 aliphatic carbocycles. The highest BCUT2D eigenvalue weighted by atomic mass is 35.5. The smallest absolute Gasteiger partial charge is 0.246 e. The molecule has 0 atom stereocenters. The number of rotatable bonds is 8. The highest BCUT2D eigenvalue weighted by Crippen LogP contribution is 2.23. The average Bonchev–Trinajstić information content (AvgIpc) is 3.32. The lowest BCUT2D eigenvalue weighted by molar-refractivity contribution is -0.131. The molecule has 1 amide bonds. The van der Waals surface area contributed by atoms with Crippen LogP contribution in [-0.2, 0) is 11.3 Å². The van der Waals surface area contributed by atoms with Gasteiger partial charge in [0.05, 0.1) is 11.4 Å². The van der Waals surface area contributed by atoms with E-state index in [0.717, 1.165) is 9.77 Å². The largest absolute Gasteiger partial charge is 0.337 e. The first-order chi connectivity index (χ1) is 12.7. The van der Waals surface area contributed by atoms with Crippen LogP contribution in [0.25, 0.3) is 10.7 Å². The Bertz CT molecular complexity index is 835. The predicted molar refractivity (Wildman–Crippen MR) is 105 cm³/mol. The SMILES string of the molecule is CCN(Cc1nc(-c2cccs2)no1)C(=O)CCSc1ccc(Cl)cc1. The standard InChI is InChI=1S/C18H18ClN3O2S2/c1-2-22(12-16-20-18(21-24-16)15-4-3-10-26-15)17(23)9-11-25-14-7-5-13(19)6-8-14/h3-8,10H,2,9,11-12H2,1H3. The molecule has 5 nitrogen and oxygen atoms in total. The van der Waals surface area contributed by atoms with Gasteiger partial charge in [0.25, 0.3) is 0 Å². The molecule has 3 rings (SSSR count). The van der Waals surface area contributed by atoms with Gasteiger partial charge in [-0.25, -0.2) is 0 Å². The number of amides is 1. The third-order valence-electron chi connectivity index (χ3n) is 3.67. The van der Waals surface area contributed by atoms with Crippen LogP contribution in [-0.4, -0.2) is 33.2 Å². The summed E-state index contributed by atoms with van der Waals surface area (Å²) < 4.78 is 5.29. The van der Waals surface area contributed by atoms with Gasteiger partial charge in [0.1, 0.15) is 0 Å². The molecule has 0 fully saturated rings. The van der Waals surface area contributed by atoms with Crippen molar-refractivity contribution >= 4 is 40.6 Å². The van der Waals surface area contributed by atoms with E-state index in [9.17, 15) is 4.79 Å². The van der Waals surface area contributed by atoms with E-state index in [2.05, 4.69) is 10.1 Å². The lowest BCUT2D eigenvalue weighted by Gasteiger charge is -2.18. The zero-order valence-corrected chi connectivity index (χ0v) is 16.6. The summed E-state index contributed by atoms with van der Waals surface area (Å²) in [5, 5.41) is 6.66. The molecule has 0 saturated carbocycles. The molecule has 8 heteroatoms. The van der Waals surface area contributed by atoms with E-state index < -0.39 is 0 Å². The third-order valence-corrected chi connectivity index (χ3v) is 5.80. The summed E-state index contributed by atoms with van der Waals surface area (Å²) in [6.45, 7) is 2.88. The van der Waals surface area contributed by atoms with Crippen LogP contribution >= 0.6 is 34.7 Å². The average molecular weight is 408 g/mol. The summed E-state index contributed by atoms with van der Waals surface area (Å²) in [5.41, 5.74) is 0. The second-order valence-corrected chi connectivity index (χ2v) is 8.00. The molecular formula is C18H18ClN3O2S2. The van der Waals surface area contributed by atoms with Gasteiger partial charge in [0.15, 0.2) is 0 Å². The highest BCUT2D eigenvalue weighted by Gasteiger charge is 2.17. The maximum Gasteiger partial charge on any atom is 0.246 e. The van der Waals surface area contributed by atoms with Crippen LogP contribution < -0.4 is 0 Å². The molecule has 2 heterocycles. The first kappa shape index (κ1) is 18.9. The number of carbonyl (C=O) groups excluding carboxylic acids is 1. The molecule has 0 bridgehead atoms. The summed E-state index contributed by atoms with van der Waals surface area (Å²) in [5.74, 6) is 1.80. The van der Waals surface area contributed by atoms with Crippen LogP contribution in [0.2, 0.25) is 5.02 Å². The molecule has 0 spiro atoms. The zero-order valence-electron chi connectivity index (χ0n) is 14.2. The number of nitrogens with zero attached hydrogens (tertiary/aromatic N) is 3. The van der Waals surface area contributed by atoms with Gasteiger partial charge in [0.2, 0.25) is 17.6 Å². The van der Waals surface area contributed by atoms with Crippen molar-refractivity contribution in [1.29, 1.82) is 0 Å². The molecule has 0 N–H and O–H groups in total. The second kappa shape index (κ2) is 9.21. The molecule has 136 valence electrons. The van der Waals surface area contributed by atoms with Gasteiger partial charge in [-0.05, 0) is 42.6 Å². The summed E-state index contributed by atoms with van der Waals surface area (Å²) in [7, 11) is 0. The third kappa shape index (κ3) is 5.09. The minimum absolute atomic E-state index is 0.0739. The van der Waals surface area contributed by atoms with Gasteiger partial charge in [0, 0.05) is 28.6 Å². The molecule has 0 saturated heterocycles. The van der Waals surface area contributed by atoms with Crippen molar-refractivity contribution in [3.63, 3.8) is 0 Å². The number of thiophene rings is 1. The molecule has 0 radical (unpaired) electrons. The van der Waals surface area contributed by atoms with Crippen molar-refractivity contribution in [2.75, 3.05) is 12.3 Å². The Morgan fingerprint density at radius 3 is 2.81 bits per heavy atom. The van der Waals surface area contributed by atoms with E-state index >= 15 is 0 Å². The van der Waals surface area contributed by atoms with Crippen molar-refractivity contribution in [1.82, 2.24) is 15.0 Å². The minimum Gasteiger partial charge on any atom is -0.337 e. The van der Waals surface area contributed by atoms with E-state index in [1.807, 2.05) is 48.7 Å². The lowest BCUT2D eigenvalue weighted by atomic mass is 10.3. The Morgan fingerprint density at radius 1 is 1.31 bits per heavy atom. The van der Waals surface area contributed by atoms with Crippen LogP contribution in [0.15, 0.2) is 51.2 Å². The Kier molecular flexibility index (Phi) is 6.71. The van der Waals surface area contributed by atoms with Gasteiger partial charge in [-0.3, -0.25) is 4.79 Å². The van der Waals surface area contributed by atoms with Crippen LogP contribution in [0.5, 0.6) is 0 Å². The van der Waals surface area contributed by atoms with Gasteiger partial charge < -0.3 is 9.42 Å². The van der Waals surface area contributed by atoms with Crippen LogP contribution in [0.1, 0.15) is 19.2 Å². The number of carbonyl (C=O) groups is 1. The van der Waals surface area contributed by atoms with Gasteiger partial charge in [-0.15, -0.1) is 23.1 Å². The van der Waals surface area contributed by atoms with Gasteiger partial charge in [-0.1, -0.05) is 22.8 Å². The normalized spacial score (nSPS) is 10.8. The number of thioether (sulfide) groups is 1. The highest BCUT2D eigenvalue weighted by molar-refractivity contribution is 7.99. The van der Waals surface area contributed by atoms with Gasteiger partial charge >= 0.3 is 0 Å². The molecule has 0 unspecified atom stereocenters. The fraction of sp³-hybridized carbons (Fsp3) is 0.278.